The molecule has 1 nitrogen and oxygen atoms in total. The molecule has 0 aliphatic carbocycles. The average molecular weight is 430 g/mol. The van der Waals surface area contributed by atoms with Gasteiger partial charge in [-0.25, -0.2) is 0 Å². The highest BCUT2D eigenvalue weighted by molar-refractivity contribution is 6.31. The van der Waals surface area contributed by atoms with E-state index in [0.717, 1.165) is 33.0 Å². The smallest absolute Gasteiger partial charge is 0.0547 e. The summed E-state index contributed by atoms with van der Waals surface area (Å²) >= 11 is 6.55. The van der Waals surface area contributed by atoms with Crippen LogP contribution in [0, 0.1) is 0 Å². The van der Waals surface area contributed by atoms with Gasteiger partial charge in [-0.15, -0.1) is 0 Å². The van der Waals surface area contributed by atoms with Crippen LogP contribution in [0.3, 0.4) is 0 Å². The highest BCUT2D eigenvalue weighted by atomic mass is 35.5. The Kier molecular flexibility index (Phi) is 4.56. The van der Waals surface area contributed by atoms with Crippen LogP contribution in [0.25, 0.3) is 49.7 Å². The SMILES string of the molecule is Clc1cc(-c2ccccc2)cc(-c2ccc3c4ccccc4n(-c4ccccc4)c3c2)c1. The molecular weight excluding hydrogens is 410 g/mol. The molecule has 1 heterocycles. The normalized spacial score (nSPS) is 11.3. The van der Waals surface area contributed by atoms with E-state index in [0.29, 0.717) is 0 Å². The van der Waals surface area contributed by atoms with E-state index in [-0.39, 0.29) is 0 Å². The molecule has 0 radical (unpaired) electrons. The van der Waals surface area contributed by atoms with Gasteiger partial charge in [-0.3, -0.25) is 0 Å². The zero-order valence-corrected chi connectivity index (χ0v) is 18.1. The first-order chi connectivity index (χ1) is 15.8. The van der Waals surface area contributed by atoms with Crippen LogP contribution in [0.5, 0.6) is 0 Å². The zero-order chi connectivity index (χ0) is 21.5. The summed E-state index contributed by atoms with van der Waals surface area (Å²) in [7, 11) is 0. The number of para-hydroxylation sites is 2. The van der Waals surface area contributed by atoms with Gasteiger partial charge in [0.25, 0.3) is 0 Å². The van der Waals surface area contributed by atoms with Crippen LogP contribution in [0.4, 0.5) is 0 Å². The maximum atomic E-state index is 6.55. The summed E-state index contributed by atoms with van der Waals surface area (Å²) in [6.45, 7) is 0. The van der Waals surface area contributed by atoms with Crippen molar-refractivity contribution in [2.75, 3.05) is 0 Å². The Labute approximate surface area is 192 Å². The minimum absolute atomic E-state index is 0.741. The van der Waals surface area contributed by atoms with Crippen molar-refractivity contribution in [3.63, 3.8) is 0 Å². The molecule has 1 aromatic heterocycles. The number of aromatic nitrogens is 1. The lowest BCUT2D eigenvalue weighted by atomic mass is 9.98. The molecule has 6 rings (SSSR count). The molecule has 0 spiro atoms. The maximum absolute atomic E-state index is 6.55. The lowest BCUT2D eigenvalue weighted by Gasteiger charge is -2.10. The summed E-state index contributed by atoms with van der Waals surface area (Å²) in [4.78, 5) is 0. The molecule has 0 aliphatic rings. The average Bonchev–Trinajstić information content (AvgIpc) is 3.18. The molecule has 6 aromatic rings. The largest absolute Gasteiger partial charge is 0.309 e. The summed E-state index contributed by atoms with van der Waals surface area (Å²) in [5, 5.41) is 3.25. The second-order valence-electron chi connectivity index (χ2n) is 8.01. The predicted molar refractivity (Wildman–Crippen MR) is 137 cm³/mol. The number of hydrogen-bond donors (Lipinski definition) is 0. The van der Waals surface area contributed by atoms with Crippen LogP contribution in [-0.2, 0) is 0 Å². The topological polar surface area (TPSA) is 4.93 Å². The molecule has 2 heteroatoms. The van der Waals surface area contributed by atoms with Gasteiger partial charge in [0, 0.05) is 21.5 Å². The summed E-state index contributed by atoms with van der Waals surface area (Å²) in [6, 6.07) is 42.5. The van der Waals surface area contributed by atoms with E-state index in [4.69, 9.17) is 11.6 Å². The van der Waals surface area contributed by atoms with Crippen molar-refractivity contribution in [2.45, 2.75) is 0 Å². The number of fused-ring (bicyclic) bond motifs is 3. The molecule has 0 bridgehead atoms. The monoisotopic (exact) mass is 429 g/mol. The number of halogens is 1. The third kappa shape index (κ3) is 3.19. The number of hydrogen-bond acceptors (Lipinski definition) is 0. The number of nitrogens with zero attached hydrogens (tertiary/aromatic N) is 1. The molecule has 0 aliphatic heterocycles. The van der Waals surface area contributed by atoms with Crippen molar-refractivity contribution < 1.29 is 0 Å². The second-order valence-corrected chi connectivity index (χ2v) is 8.45. The lowest BCUT2D eigenvalue weighted by molar-refractivity contribution is 1.18. The van der Waals surface area contributed by atoms with Crippen LogP contribution in [-0.4, -0.2) is 4.57 Å². The van der Waals surface area contributed by atoms with Crippen LogP contribution in [0.1, 0.15) is 0 Å². The maximum Gasteiger partial charge on any atom is 0.0547 e. The quantitative estimate of drug-likeness (QED) is 0.265. The van der Waals surface area contributed by atoms with Crippen LogP contribution in [0.15, 0.2) is 121 Å². The van der Waals surface area contributed by atoms with Gasteiger partial charge >= 0.3 is 0 Å². The van der Waals surface area contributed by atoms with Crippen LogP contribution in [0.2, 0.25) is 5.02 Å². The molecule has 32 heavy (non-hydrogen) atoms. The Hall–Kier alpha value is -3.81. The molecule has 5 aromatic carbocycles. The number of benzene rings is 5. The van der Waals surface area contributed by atoms with E-state index in [1.54, 1.807) is 0 Å². The summed E-state index contributed by atoms with van der Waals surface area (Å²) in [6.07, 6.45) is 0. The fraction of sp³-hybridized carbons (Fsp3) is 0. The number of rotatable bonds is 3. The van der Waals surface area contributed by atoms with Crippen molar-refractivity contribution in [1.29, 1.82) is 0 Å². The van der Waals surface area contributed by atoms with Gasteiger partial charge in [-0.05, 0) is 64.7 Å². The lowest BCUT2D eigenvalue weighted by Crippen LogP contribution is -1.93. The Morgan fingerprint density at radius 2 is 1.06 bits per heavy atom. The first-order valence-corrected chi connectivity index (χ1v) is 11.1. The van der Waals surface area contributed by atoms with E-state index < -0.39 is 0 Å². The van der Waals surface area contributed by atoms with Crippen molar-refractivity contribution in [2.24, 2.45) is 0 Å². The molecular formula is C30H20ClN. The molecule has 0 fully saturated rings. The molecule has 0 amide bonds. The van der Waals surface area contributed by atoms with Crippen LogP contribution >= 0.6 is 11.6 Å². The molecule has 0 saturated heterocycles. The molecule has 0 unspecified atom stereocenters. The minimum atomic E-state index is 0.741. The first-order valence-electron chi connectivity index (χ1n) is 10.7. The summed E-state index contributed by atoms with van der Waals surface area (Å²) < 4.78 is 2.34. The molecule has 0 N–H and O–H groups in total. The second kappa shape index (κ2) is 7.71. The zero-order valence-electron chi connectivity index (χ0n) is 17.4. The van der Waals surface area contributed by atoms with Crippen molar-refractivity contribution >= 4 is 33.4 Å². The van der Waals surface area contributed by atoms with E-state index in [1.165, 1.54) is 21.8 Å². The van der Waals surface area contributed by atoms with Gasteiger partial charge in [0.05, 0.1) is 11.0 Å². The van der Waals surface area contributed by atoms with Gasteiger partial charge in [0.15, 0.2) is 0 Å². The minimum Gasteiger partial charge on any atom is -0.309 e. The Morgan fingerprint density at radius 3 is 1.84 bits per heavy atom. The third-order valence-corrected chi connectivity index (χ3v) is 6.24. The van der Waals surface area contributed by atoms with Crippen molar-refractivity contribution in [3.8, 4) is 27.9 Å². The standard InChI is InChI=1S/C30H20ClN/c31-25-18-23(21-9-3-1-4-10-21)17-24(19-25)22-15-16-28-27-13-7-8-14-29(27)32(30(28)20-22)26-11-5-2-6-12-26/h1-20H. The van der Waals surface area contributed by atoms with E-state index >= 15 is 0 Å². The highest BCUT2D eigenvalue weighted by Gasteiger charge is 2.13. The third-order valence-electron chi connectivity index (χ3n) is 6.03. The van der Waals surface area contributed by atoms with Gasteiger partial charge in [-0.2, -0.15) is 0 Å². The van der Waals surface area contributed by atoms with Gasteiger partial charge in [0.2, 0.25) is 0 Å². The Bertz CT molecular complexity index is 1560. The Morgan fingerprint density at radius 1 is 0.438 bits per heavy atom. The molecule has 0 saturated carbocycles. The van der Waals surface area contributed by atoms with E-state index in [2.05, 4.69) is 108 Å². The van der Waals surface area contributed by atoms with E-state index in [9.17, 15) is 0 Å². The molecule has 0 atom stereocenters. The molecule has 152 valence electrons. The van der Waals surface area contributed by atoms with Crippen molar-refractivity contribution in [3.05, 3.63) is 126 Å². The predicted octanol–water partition coefficient (Wildman–Crippen LogP) is 8.77. The summed E-state index contributed by atoms with van der Waals surface area (Å²) in [5.74, 6) is 0. The highest BCUT2D eigenvalue weighted by Crippen LogP contribution is 2.36. The van der Waals surface area contributed by atoms with Gasteiger partial charge < -0.3 is 4.57 Å². The first kappa shape index (κ1) is 18.9. The van der Waals surface area contributed by atoms with Crippen LogP contribution < -0.4 is 0 Å². The van der Waals surface area contributed by atoms with Crippen molar-refractivity contribution in [1.82, 2.24) is 4.57 Å². The summed E-state index contributed by atoms with van der Waals surface area (Å²) in [5.41, 5.74) is 8.11. The fourth-order valence-corrected chi connectivity index (χ4v) is 4.79. The fourth-order valence-electron chi connectivity index (χ4n) is 4.56. The van der Waals surface area contributed by atoms with Gasteiger partial charge in [0.1, 0.15) is 0 Å². The van der Waals surface area contributed by atoms with E-state index in [1.807, 2.05) is 18.2 Å². The van der Waals surface area contributed by atoms with Gasteiger partial charge in [-0.1, -0.05) is 90.5 Å². The Balaban J connectivity index is 1.60.